The van der Waals surface area contributed by atoms with Crippen LogP contribution >= 0.6 is 0 Å². The maximum absolute atomic E-state index is 13.5. The summed E-state index contributed by atoms with van der Waals surface area (Å²) in [4.78, 5) is 34.4. The highest BCUT2D eigenvalue weighted by molar-refractivity contribution is 5.89. The first-order chi connectivity index (χ1) is 16.4. The molecule has 0 bridgehead atoms. The lowest BCUT2D eigenvalue weighted by molar-refractivity contribution is -0.344. The Labute approximate surface area is 198 Å². The van der Waals surface area contributed by atoms with Gasteiger partial charge in [-0.15, -0.1) is 0 Å². The monoisotopic (exact) mass is 580 g/mol. The van der Waals surface area contributed by atoms with Gasteiger partial charge in [-0.05, 0) is 25.7 Å². The summed E-state index contributed by atoms with van der Waals surface area (Å²) in [6, 6.07) is -2.30. The number of hydrogen-bond acceptors (Lipinski definition) is 4. The van der Waals surface area contributed by atoms with E-state index in [2.05, 4.69) is 4.74 Å². The third-order valence-electron chi connectivity index (χ3n) is 4.31. The highest BCUT2D eigenvalue weighted by Crippen LogP contribution is 2.47. The van der Waals surface area contributed by atoms with Gasteiger partial charge in [0, 0.05) is 6.54 Å². The van der Waals surface area contributed by atoms with Crippen molar-refractivity contribution in [2.24, 2.45) is 0 Å². The molecular weight excluding hydrogens is 562 g/mol. The van der Waals surface area contributed by atoms with Crippen molar-refractivity contribution >= 4 is 17.8 Å². The van der Waals surface area contributed by atoms with Crippen LogP contribution in [0.4, 0.5) is 61.5 Å². The number of nitrogens with one attached hydrogen (secondary N) is 2. The van der Waals surface area contributed by atoms with Gasteiger partial charge in [0.1, 0.15) is 6.04 Å². The number of amides is 2. The average molecular weight is 580 g/mol. The van der Waals surface area contributed by atoms with Gasteiger partial charge in [0.05, 0.1) is 6.61 Å². The van der Waals surface area contributed by atoms with Gasteiger partial charge >= 0.3 is 42.0 Å². The first-order valence-corrected chi connectivity index (χ1v) is 9.80. The highest BCUT2D eigenvalue weighted by atomic mass is 19.4. The minimum absolute atomic E-state index is 0.0948. The van der Waals surface area contributed by atoms with E-state index in [1.165, 1.54) is 6.92 Å². The van der Waals surface area contributed by atoms with E-state index in [4.69, 9.17) is 0 Å². The Morgan fingerprint density at radius 2 is 1.14 bits per heavy atom. The maximum atomic E-state index is 13.5. The SMILES string of the molecule is CCCOC(=O)[C@@H](CCCCNC(=O)C(F)(F)C(F)(F)C(F)(F)F)NC(=O)C(F)(F)C(F)(F)C(F)(F)F. The third-order valence-corrected chi connectivity index (χ3v) is 4.31. The minimum Gasteiger partial charge on any atom is -0.464 e. The number of alkyl halides is 14. The van der Waals surface area contributed by atoms with Crippen LogP contribution in [0.3, 0.4) is 0 Å². The number of carbonyl (C=O) groups is 3. The summed E-state index contributed by atoms with van der Waals surface area (Å²) in [5.41, 5.74) is 0. The minimum atomic E-state index is -6.88. The number of carbonyl (C=O) groups excluding carboxylic acids is 3. The van der Waals surface area contributed by atoms with E-state index in [9.17, 15) is 75.8 Å². The molecule has 1 atom stereocenters. The number of hydrogen-bond donors (Lipinski definition) is 2. The van der Waals surface area contributed by atoms with Crippen LogP contribution in [0.1, 0.15) is 32.6 Å². The van der Waals surface area contributed by atoms with Crippen molar-refractivity contribution in [3.8, 4) is 0 Å². The second kappa shape index (κ2) is 11.9. The van der Waals surface area contributed by atoms with Crippen LogP contribution in [-0.4, -0.2) is 73.0 Å². The molecule has 0 aliphatic rings. The summed E-state index contributed by atoms with van der Waals surface area (Å²) in [5.74, 6) is -34.2. The topological polar surface area (TPSA) is 84.5 Å². The second-order valence-corrected chi connectivity index (χ2v) is 7.24. The molecule has 0 spiro atoms. The molecule has 0 radical (unpaired) electrons. The molecule has 0 aliphatic heterocycles. The molecule has 218 valence electrons. The Kier molecular flexibility index (Phi) is 11.0. The standard InChI is InChI=1S/C17H18F14N2O4/c1-2-7-37-9(34)8(33-11(36)13(20,21)15(24,25)17(29,30)31)5-3-4-6-32-10(35)12(18,19)14(22,23)16(26,27)28/h8H,2-7H2,1H3,(H,32,35)(H,33,36)/t8-/m1/s1. The second-order valence-electron chi connectivity index (χ2n) is 7.24. The lowest BCUT2D eigenvalue weighted by Crippen LogP contribution is -2.61. The van der Waals surface area contributed by atoms with Gasteiger partial charge in [-0.2, -0.15) is 61.5 Å². The molecule has 0 rings (SSSR count). The Morgan fingerprint density at radius 3 is 1.54 bits per heavy atom. The zero-order chi connectivity index (χ0) is 29.7. The quantitative estimate of drug-likeness (QED) is 0.193. The molecule has 0 aromatic rings. The fourth-order valence-electron chi connectivity index (χ4n) is 2.23. The van der Waals surface area contributed by atoms with Crippen molar-refractivity contribution in [2.75, 3.05) is 13.2 Å². The Morgan fingerprint density at radius 1 is 0.703 bits per heavy atom. The van der Waals surface area contributed by atoms with Crippen molar-refractivity contribution in [1.82, 2.24) is 10.6 Å². The first-order valence-electron chi connectivity index (χ1n) is 9.80. The van der Waals surface area contributed by atoms with Crippen molar-refractivity contribution in [3.63, 3.8) is 0 Å². The van der Waals surface area contributed by atoms with Gasteiger partial charge in [0.15, 0.2) is 0 Å². The molecule has 2 N–H and O–H groups in total. The summed E-state index contributed by atoms with van der Waals surface area (Å²) in [6.45, 7) is -0.0894. The Hall–Kier alpha value is -2.57. The molecule has 37 heavy (non-hydrogen) atoms. The molecule has 0 aromatic carbocycles. The van der Waals surface area contributed by atoms with Crippen LogP contribution in [0.5, 0.6) is 0 Å². The lowest BCUT2D eigenvalue weighted by Gasteiger charge is -2.28. The first kappa shape index (κ1) is 34.4. The van der Waals surface area contributed by atoms with Crippen LogP contribution < -0.4 is 10.6 Å². The summed E-state index contributed by atoms with van der Waals surface area (Å²) < 4.78 is 182. The summed E-state index contributed by atoms with van der Waals surface area (Å²) in [6.07, 6.45) is -15.8. The third kappa shape index (κ3) is 7.71. The lowest BCUT2D eigenvalue weighted by atomic mass is 10.1. The Bertz CT molecular complexity index is 811. The molecule has 0 saturated carbocycles. The summed E-state index contributed by atoms with van der Waals surface area (Å²) in [7, 11) is 0. The van der Waals surface area contributed by atoms with E-state index in [0.29, 0.717) is 0 Å². The van der Waals surface area contributed by atoms with E-state index < -0.39 is 92.3 Å². The highest BCUT2D eigenvalue weighted by Gasteiger charge is 2.77. The number of rotatable bonds is 13. The van der Waals surface area contributed by atoms with Crippen LogP contribution in [0.25, 0.3) is 0 Å². The normalized spacial score (nSPS) is 14.7. The van der Waals surface area contributed by atoms with Crippen molar-refractivity contribution in [1.29, 1.82) is 0 Å². The van der Waals surface area contributed by atoms with Crippen molar-refractivity contribution in [3.05, 3.63) is 0 Å². The average Bonchev–Trinajstić information content (AvgIpc) is 2.73. The fourth-order valence-corrected chi connectivity index (χ4v) is 2.23. The zero-order valence-electron chi connectivity index (χ0n) is 18.2. The zero-order valence-corrected chi connectivity index (χ0v) is 18.2. The van der Waals surface area contributed by atoms with Crippen LogP contribution in [0, 0.1) is 0 Å². The maximum Gasteiger partial charge on any atom is 0.460 e. The van der Waals surface area contributed by atoms with Crippen LogP contribution in [0.15, 0.2) is 0 Å². The summed E-state index contributed by atoms with van der Waals surface area (Å²) in [5, 5.41) is 1.95. The number of ether oxygens (including phenoxy) is 1. The van der Waals surface area contributed by atoms with Crippen molar-refractivity contribution < 1.29 is 80.6 Å². The molecule has 0 aliphatic carbocycles. The molecule has 0 aromatic heterocycles. The fraction of sp³-hybridized carbons (Fsp3) is 0.824. The van der Waals surface area contributed by atoms with Gasteiger partial charge in [-0.1, -0.05) is 6.92 Å². The smallest absolute Gasteiger partial charge is 0.460 e. The van der Waals surface area contributed by atoms with E-state index >= 15 is 0 Å². The van der Waals surface area contributed by atoms with Gasteiger partial charge < -0.3 is 15.4 Å². The van der Waals surface area contributed by atoms with Gasteiger partial charge in [0.25, 0.3) is 11.8 Å². The molecular formula is C17H18F14N2O4. The van der Waals surface area contributed by atoms with E-state index in [1.807, 2.05) is 0 Å². The molecule has 0 heterocycles. The van der Waals surface area contributed by atoms with Gasteiger partial charge in [0.2, 0.25) is 0 Å². The van der Waals surface area contributed by atoms with E-state index in [0.717, 1.165) is 10.6 Å². The van der Waals surface area contributed by atoms with Crippen LogP contribution in [-0.2, 0) is 19.1 Å². The molecule has 20 heteroatoms. The summed E-state index contributed by atoms with van der Waals surface area (Å²) >= 11 is 0. The molecule has 2 amide bonds. The van der Waals surface area contributed by atoms with Gasteiger partial charge in [-0.3, -0.25) is 9.59 Å². The molecule has 0 fully saturated rings. The van der Waals surface area contributed by atoms with Gasteiger partial charge in [-0.25, -0.2) is 4.79 Å². The van der Waals surface area contributed by atoms with E-state index in [1.54, 1.807) is 0 Å². The van der Waals surface area contributed by atoms with Crippen molar-refractivity contribution in [2.45, 2.75) is 74.7 Å². The number of esters is 1. The molecule has 0 unspecified atom stereocenters. The predicted molar refractivity (Wildman–Crippen MR) is 91.9 cm³/mol. The number of unbranched alkanes of at least 4 members (excludes halogenated alkanes) is 1. The largest absolute Gasteiger partial charge is 0.464 e. The number of halogens is 14. The molecule has 0 saturated heterocycles. The Balaban J connectivity index is 5.28. The predicted octanol–water partition coefficient (Wildman–Crippen LogP) is 4.38. The van der Waals surface area contributed by atoms with Crippen LogP contribution in [0.2, 0.25) is 0 Å². The molecule has 6 nitrogen and oxygen atoms in total. The van der Waals surface area contributed by atoms with E-state index in [-0.39, 0.29) is 6.42 Å².